The second-order valence-corrected chi connectivity index (χ2v) is 5.38. The van der Waals surface area contributed by atoms with Gasteiger partial charge >= 0.3 is 0 Å². The Balaban J connectivity index is 1.91. The van der Waals surface area contributed by atoms with Crippen LogP contribution in [0.15, 0.2) is 53.5 Å². The lowest BCUT2D eigenvalue weighted by atomic mass is 10.0. The Morgan fingerprint density at radius 2 is 2.05 bits per heavy atom. The summed E-state index contributed by atoms with van der Waals surface area (Å²) in [4.78, 5) is 6.73. The lowest BCUT2D eigenvalue weighted by Gasteiger charge is -2.30. The molecule has 2 aromatic carbocycles. The van der Waals surface area contributed by atoms with Gasteiger partial charge in [-0.15, -0.1) is 0 Å². The second-order valence-electron chi connectivity index (χ2n) is 5.38. The van der Waals surface area contributed by atoms with E-state index in [-0.39, 0.29) is 0 Å². The monoisotopic (exact) mass is 279 g/mol. The molecular weight excluding hydrogens is 258 g/mol. The van der Waals surface area contributed by atoms with E-state index in [1.165, 1.54) is 16.8 Å². The molecule has 0 saturated heterocycles. The molecule has 3 heteroatoms. The van der Waals surface area contributed by atoms with Crippen LogP contribution in [0.4, 0.5) is 11.4 Å². The first-order valence-electron chi connectivity index (χ1n) is 7.56. The maximum atomic E-state index is 6.26. The van der Waals surface area contributed by atoms with Crippen molar-refractivity contribution in [3.8, 4) is 0 Å². The van der Waals surface area contributed by atoms with Crippen molar-refractivity contribution < 1.29 is 0 Å². The summed E-state index contributed by atoms with van der Waals surface area (Å²) in [6, 6.07) is 16.7. The van der Waals surface area contributed by atoms with Gasteiger partial charge in [0.25, 0.3) is 0 Å². The molecule has 21 heavy (non-hydrogen) atoms. The summed E-state index contributed by atoms with van der Waals surface area (Å²) in [5.74, 6) is 0.579. The molecule has 108 valence electrons. The lowest BCUT2D eigenvalue weighted by Crippen LogP contribution is -2.40. The molecule has 0 spiro atoms. The highest BCUT2D eigenvalue weighted by atomic mass is 15.3. The van der Waals surface area contributed by atoms with Crippen LogP contribution in [0, 0.1) is 0 Å². The first-order chi connectivity index (χ1) is 10.3. The van der Waals surface area contributed by atoms with Crippen LogP contribution >= 0.6 is 0 Å². The zero-order valence-electron chi connectivity index (χ0n) is 12.4. The third kappa shape index (κ3) is 2.92. The molecule has 0 aromatic heterocycles. The molecule has 0 atom stereocenters. The highest BCUT2D eigenvalue weighted by Crippen LogP contribution is 2.27. The van der Waals surface area contributed by atoms with Crippen molar-refractivity contribution in [2.75, 3.05) is 11.4 Å². The quantitative estimate of drug-likeness (QED) is 0.673. The molecule has 0 saturated carbocycles. The molecule has 0 fully saturated rings. The van der Waals surface area contributed by atoms with E-state index in [0.717, 1.165) is 31.5 Å². The van der Waals surface area contributed by atoms with E-state index in [4.69, 9.17) is 5.73 Å². The highest BCUT2D eigenvalue weighted by Gasteiger charge is 2.18. The van der Waals surface area contributed by atoms with Gasteiger partial charge in [-0.2, -0.15) is 0 Å². The number of fused-ring (bicyclic) bond motifs is 1. The minimum atomic E-state index is 0.579. The number of aryl methyl sites for hydroxylation is 2. The number of hydrogen-bond donors (Lipinski definition) is 1. The van der Waals surface area contributed by atoms with Crippen LogP contribution < -0.4 is 10.6 Å². The topological polar surface area (TPSA) is 41.6 Å². The van der Waals surface area contributed by atoms with Crippen LogP contribution in [-0.4, -0.2) is 12.5 Å². The van der Waals surface area contributed by atoms with Gasteiger partial charge in [0.2, 0.25) is 5.96 Å². The Morgan fingerprint density at radius 1 is 1.19 bits per heavy atom. The van der Waals surface area contributed by atoms with E-state index >= 15 is 0 Å². The van der Waals surface area contributed by atoms with E-state index in [1.54, 1.807) is 0 Å². The van der Waals surface area contributed by atoms with E-state index < -0.39 is 0 Å². The van der Waals surface area contributed by atoms with Crippen LogP contribution in [0.5, 0.6) is 0 Å². The average molecular weight is 279 g/mol. The Hall–Kier alpha value is -2.29. The van der Waals surface area contributed by atoms with E-state index in [1.807, 2.05) is 12.1 Å². The standard InChI is InChI=1S/C18H21N3/c1-2-14-7-5-10-16(13-14)20-18(19)21-12-6-9-15-8-3-4-11-17(15)21/h3-5,7-8,10-11,13H,2,6,9,12H2,1H3,(H2,19,20). The van der Waals surface area contributed by atoms with E-state index in [9.17, 15) is 0 Å². The zero-order chi connectivity index (χ0) is 14.7. The van der Waals surface area contributed by atoms with Gasteiger partial charge in [0, 0.05) is 12.2 Å². The number of nitrogens with two attached hydrogens (primary N) is 1. The van der Waals surface area contributed by atoms with Gasteiger partial charge in [-0.25, -0.2) is 4.99 Å². The van der Waals surface area contributed by atoms with Crippen molar-refractivity contribution >= 4 is 17.3 Å². The summed E-state index contributed by atoms with van der Waals surface area (Å²) >= 11 is 0. The largest absolute Gasteiger partial charge is 0.369 e. The summed E-state index contributed by atoms with van der Waals surface area (Å²) in [5, 5.41) is 0. The van der Waals surface area contributed by atoms with Crippen molar-refractivity contribution in [1.29, 1.82) is 0 Å². The molecule has 2 aromatic rings. The molecule has 2 N–H and O–H groups in total. The van der Waals surface area contributed by atoms with Crippen molar-refractivity contribution in [3.05, 3.63) is 59.7 Å². The number of guanidine groups is 1. The molecular formula is C18H21N3. The van der Waals surface area contributed by atoms with Crippen LogP contribution in [-0.2, 0) is 12.8 Å². The molecule has 0 radical (unpaired) electrons. The highest BCUT2D eigenvalue weighted by molar-refractivity contribution is 5.97. The fourth-order valence-corrected chi connectivity index (χ4v) is 2.81. The van der Waals surface area contributed by atoms with Crippen molar-refractivity contribution in [2.24, 2.45) is 10.7 Å². The van der Waals surface area contributed by atoms with Crippen LogP contribution in [0.3, 0.4) is 0 Å². The molecule has 0 bridgehead atoms. The van der Waals surface area contributed by atoms with Gasteiger partial charge in [-0.3, -0.25) is 0 Å². The van der Waals surface area contributed by atoms with Gasteiger partial charge in [-0.1, -0.05) is 37.3 Å². The minimum Gasteiger partial charge on any atom is -0.369 e. The summed E-state index contributed by atoms with van der Waals surface area (Å²) in [6.45, 7) is 3.08. The maximum absolute atomic E-state index is 6.26. The van der Waals surface area contributed by atoms with Gasteiger partial charge in [0.1, 0.15) is 0 Å². The van der Waals surface area contributed by atoms with Crippen LogP contribution in [0.25, 0.3) is 0 Å². The fourth-order valence-electron chi connectivity index (χ4n) is 2.81. The Kier molecular flexibility index (Phi) is 3.91. The summed E-state index contributed by atoms with van der Waals surface area (Å²) in [7, 11) is 0. The van der Waals surface area contributed by atoms with Gasteiger partial charge < -0.3 is 10.6 Å². The van der Waals surface area contributed by atoms with Crippen LogP contribution in [0.1, 0.15) is 24.5 Å². The first kappa shape index (κ1) is 13.7. The summed E-state index contributed by atoms with van der Waals surface area (Å²) in [5.41, 5.74) is 11.0. The van der Waals surface area contributed by atoms with Crippen molar-refractivity contribution in [3.63, 3.8) is 0 Å². The second kappa shape index (κ2) is 6.00. The third-order valence-electron chi connectivity index (χ3n) is 3.95. The SMILES string of the molecule is CCc1cccc(N=C(N)N2CCCc3ccccc32)c1. The maximum Gasteiger partial charge on any atom is 0.201 e. The number of para-hydroxylation sites is 1. The number of rotatable bonds is 2. The lowest BCUT2D eigenvalue weighted by molar-refractivity contribution is 0.775. The molecule has 1 heterocycles. The third-order valence-corrected chi connectivity index (χ3v) is 3.95. The Morgan fingerprint density at radius 3 is 2.90 bits per heavy atom. The predicted octanol–water partition coefficient (Wildman–Crippen LogP) is 3.65. The van der Waals surface area contributed by atoms with Crippen molar-refractivity contribution in [1.82, 2.24) is 0 Å². The number of hydrogen-bond acceptors (Lipinski definition) is 1. The first-order valence-corrected chi connectivity index (χ1v) is 7.56. The number of nitrogens with zero attached hydrogens (tertiary/aromatic N) is 2. The summed E-state index contributed by atoms with van der Waals surface area (Å²) < 4.78 is 0. The van der Waals surface area contributed by atoms with Gasteiger partial charge in [-0.05, 0) is 48.6 Å². The minimum absolute atomic E-state index is 0.579. The molecule has 1 aliphatic heterocycles. The molecule has 1 aliphatic rings. The summed E-state index contributed by atoms with van der Waals surface area (Å²) in [6.07, 6.45) is 3.24. The molecule has 3 nitrogen and oxygen atoms in total. The number of aliphatic imine (C=N–C) groups is 1. The average Bonchev–Trinajstić information content (AvgIpc) is 2.54. The molecule has 3 rings (SSSR count). The van der Waals surface area contributed by atoms with E-state index in [2.05, 4.69) is 53.2 Å². The Labute approximate surface area is 126 Å². The molecule has 0 unspecified atom stereocenters. The normalized spacial score (nSPS) is 14.9. The van der Waals surface area contributed by atoms with Crippen molar-refractivity contribution in [2.45, 2.75) is 26.2 Å². The number of anilines is 1. The van der Waals surface area contributed by atoms with Gasteiger partial charge in [0.15, 0.2) is 0 Å². The van der Waals surface area contributed by atoms with E-state index in [0.29, 0.717) is 5.96 Å². The molecule has 0 aliphatic carbocycles. The fraction of sp³-hybridized carbons (Fsp3) is 0.278. The smallest absolute Gasteiger partial charge is 0.201 e. The van der Waals surface area contributed by atoms with Gasteiger partial charge in [0.05, 0.1) is 5.69 Å². The predicted molar refractivity (Wildman–Crippen MR) is 89.2 cm³/mol. The Bertz CT molecular complexity index is 661. The molecule has 0 amide bonds. The zero-order valence-corrected chi connectivity index (χ0v) is 12.4. The van der Waals surface area contributed by atoms with Crippen LogP contribution in [0.2, 0.25) is 0 Å². The number of benzene rings is 2.